The highest BCUT2D eigenvalue weighted by Gasteiger charge is 2.36. The Balaban J connectivity index is 2.55. The third-order valence-electron chi connectivity index (χ3n) is 4.21. The van der Waals surface area contributed by atoms with Gasteiger partial charge in [-0.2, -0.15) is 4.31 Å². The zero-order valence-corrected chi connectivity index (χ0v) is 15.0. The van der Waals surface area contributed by atoms with Crippen molar-refractivity contribution in [3.63, 3.8) is 0 Å². The van der Waals surface area contributed by atoms with Gasteiger partial charge in [-0.25, -0.2) is 8.42 Å². The Morgan fingerprint density at radius 3 is 2.38 bits per heavy atom. The zero-order valence-electron chi connectivity index (χ0n) is 12.6. The number of nitrogens with zero attached hydrogens (tertiary/aromatic N) is 1. The quantitative estimate of drug-likeness (QED) is 0.882. The van der Waals surface area contributed by atoms with Crippen molar-refractivity contribution >= 4 is 26.0 Å². The van der Waals surface area contributed by atoms with E-state index in [1.165, 1.54) is 0 Å². The average Bonchev–Trinajstić information content (AvgIpc) is 2.41. The summed E-state index contributed by atoms with van der Waals surface area (Å²) in [5.74, 6) is 0. The number of hydrogen-bond donors (Lipinski definition) is 1. The van der Waals surface area contributed by atoms with Gasteiger partial charge >= 0.3 is 0 Å². The molecule has 2 rings (SSSR count). The molecule has 0 aromatic heterocycles. The van der Waals surface area contributed by atoms with Gasteiger partial charge in [-0.1, -0.05) is 22.4 Å². The lowest BCUT2D eigenvalue weighted by molar-refractivity contribution is 0.204. The van der Waals surface area contributed by atoms with Gasteiger partial charge in [0.05, 0.1) is 11.5 Å². The van der Waals surface area contributed by atoms with Crippen molar-refractivity contribution in [2.24, 2.45) is 0 Å². The molecule has 2 unspecified atom stereocenters. The third kappa shape index (κ3) is 3.18. The molecule has 118 valence electrons. The largest absolute Gasteiger partial charge is 0.392 e. The van der Waals surface area contributed by atoms with E-state index in [-0.39, 0.29) is 18.7 Å². The van der Waals surface area contributed by atoms with Gasteiger partial charge in [0.25, 0.3) is 0 Å². The summed E-state index contributed by atoms with van der Waals surface area (Å²) in [4.78, 5) is 0.293. The Bertz CT molecular complexity index is 620. The maximum atomic E-state index is 13.1. The fourth-order valence-corrected chi connectivity index (χ4v) is 5.87. The minimum atomic E-state index is -3.55. The van der Waals surface area contributed by atoms with E-state index in [4.69, 9.17) is 0 Å². The zero-order chi connectivity index (χ0) is 15.8. The molecule has 1 aliphatic heterocycles. The smallest absolute Gasteiger partial charge is 0.243 e. The number of piperidine rings is 1. The van der Waals surface area contributed by atoms with Crippen LogP contribution in [0.25, 0.3) is 0 Å². The molecule has 1 aliphatic rings. The second-order valence-corrected chi connectivity index (χ2v) is 8.49. The Morgan fingerprint density at radius 1 is 1.29 bits per heavy atom. The third-order valence-corrected chi connectivity index (χ3v) is 7.29. The molecule has 0 amide bonds. The van der Waals surface area contributed by atoms with Crippen LogP contribution in [-0.4, -0.2) is 29.9 Å². The van der Waals surface area contributed by atoms with Crippen LogP contribution >= 0.6 is 15.9 Å². The summed E-state index contributed by atoms with van der Waals surface area (Å²) in [6.07, 6.45) is 2.85. The first-order valence-electron chi connectivity index (χ1n) is 7.22. The number of rotatable bonds is 3. The Morgan fingerprint density at radius 2 is 1.86 bits per heavy atom. The molecule has 21 heavy (non-hydrogen) atoms. The molecule has 1 aromatic carbocycles. The highest BCUT2D eigenvalue weighted by atomic mass is 79.9. The molecule has 2 atom stereocenters. The number of halogens is 1. The number of hydrogen-bond acceptors (Lipinski definition) is 3. The van der Waals surface area contributed by atoms with Crippen LogP contribution in [0.4, 0.5) is 0 Å². The maximum absolute atomic E-state index is 13.1. The number of aliphatic hydroxyl groups is 1. The molecular weight excluding hydrogens is 354 g/mol. The summed E-state index contributed by atoms with van der Waals surface area (Å²) in [6, 6.07) is 3.37. The summed E-state index contributed by atoms with van der Waals surface area (Å²) in [7, 11) is -3.55. The summed E-state index contributed by atoms with van der Waals surface area (Å²) in [5, 5.41) is 9.33. The maximum Gasteiger partial charge on any atom is 0.243 e. The lowest BCUT2D eigenvalue weighted by Gasteiger charge is -2.38. The standard InChI is InChI=1S/C15H22BrNO3S/c1-10-5-4-6-11(2)17(10)21(19,20)15-8-13(9-18)7-14(16)12(15)3/h7-8,10-11,18H,4-6,9H2,1-3H3. The minimum Gasteiger partial charge on any atom is -0.392 e. The molecule has 0 aliphatic carbocycles. The topological polar surface area (TPSA) is 57.6 Å². The van der Waals surface area contributed by atoms with Crippen LogP contribution in [0.2, 0.25) is 0 Å². The van der Waals surface area contributed by atoms with Crippen molar-refractivity contribution in [2.45, 2.75) is 63.6 Å². The van der Waals surface area contributed by atoms with Crippen LogP contribution in [0.3, 0.4) is 0 Å². The number of aliphatic hydroxyl groups excluding tert-OH is 1. The van der Waals surface area contributed by atoms with Crippen LogP contribution in [0, 0.1) is 6.92 Å². The fraction of sp³-hybridized carbons (Fsp3) is 0.600. The molecule has 0 bridgehead atoms. The summed E-state index contributed by atoms with van der Waals surface area (Å²) < 4.78 is 28.5. The Labute approximate surface area is 135 Å². The van der Waals surface area contributed by atoms with Crippen molar-refractivity contribution in [2.75, 3.05) is 0 Å². The van der Waals surface area contributed by atoms with Gasteiger partial charge in [-0.3, -0.25) is 0 Å². The van der Waals surface area contributed by atoms with Gasteiger partial charge in [-0.05, 0) is 56.9 Å². The van der Waals surface area contributed by atoms with E-state index < -0.39 is 10.0 Å². The van der Waals surface area contributed by atoms with Crippen LogP contribution in [0.1, 0.15) is 44.2 Å². The van der Waals surface area contributed by atoms with E-state index in [1.54, 1.807) is 23.4 Å². The van der Waals surface area contributed by atoms with Gasteiger partial charge < -0.3 is 5.11 Å². The molecule has 0 spiro atoms. The van der Waals surface area contributed by atoms with E-state index in [9.17, 15) is 13.5 Å². The molecule has 0 saturated carbocycles. The molecule has 1 heterocycles. The fourth-order valence-electron chi connectivity index (χ4n) is 3.05. The van der Waals surface area contributed by atoms with Crippen molar-refractivity contribution in [3.8, 4) is 0 Å². The lowest BCUT2D eigenvalue weighted by atomic mass is 10.0. The predicted octanol–water partition coefficient (Wildman–Crippen LogP) is 3.20. The molecule has 1 fully saturated rings. The van der Waals surface area contributed by atoms with Gasteiger partial charge in [0.1, 0.15) is 0 Å². The molecule has 6 heteroatoms. The van der Waals surface area contributed by atoms with E-state index >= 15 is 0 Å². The first-order chi connectivity index (χ1) is 9.78. The minimum absolute atomic E-state index is 0.00899. The normalized spacial score (nSPS) is 24.2. The highest BCUT2D eigenvalue weighted by Crippen LogP contribution is 2.33. The van der Waals surface area contributed by atoms with Crippen molar-refractivity contribution in [1.29, 1.82) is 0 Å². The van der Waals surface area contributed by atoms with E-state index in [0.29, 0.717) is 20.5 Å². The summed E-state index contributed by atoms with van der Waals surface area (Å²) in [6.45, 7) is 5.55. The molecule has 4 nitrogen and oxygen atoms in total. The van der Waals surface area contributed by atoms with Crippen LogP contribution in [0.15, 0.2) is 21.5 Å². The molecule has 1 aromatic rings. The first kappa shape index (κ1) is 16.9. The van der Waals surface area contributed by atoms with Crippen molar-refractivity contribution in [1.82, 2.24) is 4.31 Å². The second kappa shape index (κ2) is 6.36. The van der Waals surface area contributed by atoms with Crippen LogP contribution in [-0.2, 0) is 16.6 Å². The van der Waals surface area contributed by atoms with Gasteiger partial charge in [-0.15, -0.1) is 0 Å². The first-order valence-corrected chi connectivity index (χ1v) is 9.45. The van der Waals surface area contributed by atoms with E-state index in [1.807, 2.05) is 13.8 Å². The van der Waals surface area contributed by atoms with Crippen LogP contribution in [0.5, 0.6) is 0 Å². The number of benzene rings is 1. The lowest BCUT2D eigenvalue weighted by Crippen LogP contribution is -2.47. The van der Waals surface area contributed by atoms with Crippen molar-refractivity contribution in [3.05, 3.63) is 27.7 Å². The Hall–Kier alpha value is -0.430. The molecule has 1 saturated heterocycles. The summed E-state index contributed by atoms with van der Waals surface area (Å²) >= 11 is 3.39. The second-order valence-electron chi connectivity index (χ2n) is 5.82. The SMILES string of the molecule is Cc1c(Br)cc(CO)cc1S(=O)(=O)N1C(C)CCCC1C. The average molecular weight is 376 g/mol. The monoisotopic (exact) mass is 375 g/mol. The molecular formula is C15H22BrNO3S. The summed E-state index contributed by atoms with van der Waals surface area (Å²) in [5.41, 5.74) is 1.29. The van der Waals surface area contributed by atoms with E-state index in [0.717, 1.165) is 19.3 Å². The number of sulfonamides is 1. The van der Waals surface area contributed by atoms with Gasteiger partial charge in [0.2, 0.25) is 10.0 Å². The molecule has 0 radical (unpaired) electrons. The van der Waals surface area contributed by atoms with Crippen LogP contribution < -0.4 is 0 Å². The molecule has 1 N–H and O–H groups in total. The van der Waals surface area contributed by atoms with Crippen molar-refractivity contribution < 1.29 is 13.5 Å². The van der Waals surface area contributed by atoms with Gasteiger partial charge in [0.15, 0.2) is 0 Å². The highest BCUT2D eigenvalue weighted by molar-refractivity contribution is 9.10. The van der Waals surface area contributed by atoms with E-state index in [2.05, 4.69) is 15.9 Å². The van der Waals surface area contributed by atoms with Gasteiger partial charge in [0, 0.05) is 16.6 Å². The Kier molecular flexibility index (Phi) is 5.13. The predicted molar refractivity (Wildman–Crippen MR) is 86.6 cm³/mol.